The van der Waals surface area contributed by atoms with Crippen LogP contribution in [0.15, 0.2) is 0 Å². The number of ketones is 1. The molecule has 2 rings (SSSR count). The van der Waals surface area contributed by atoms with Crippen LogP contribution in [0.2, 0.25) is 0 Å². The fourth-order valence-electron chi connectivity index (χ4n) is 2.80. The maximum Gasteiger partial charge on any atom is 0.139 e. The van der Waals surface area contributed by atoms with Crippen molar-refractivity contribution in [2.24, 2.45) is 23.7 Å². The molecule has 0 heterocycles. The molecule has 2 fully saturated rings. The predicted octanol–water partition coefficient (Wildman–Crippen LogP) is 2.65. The van der Waals surface area contributed by atoms with Crippen molar-refractivity contribution in [1.82, 2.24) is 0 Å². The summed E-state index contributed by atoms with van der Waals surface area (Å²) in [7, 11) is 0. The summed E-state index contributed by atoms with van der Waals surface area (Å²) in [5, 5.41) is 0. The van der Waals surface area contributed by atoms with Gasteiger partial charge in [0.25, 0.3) is 0 Å². The van der Waals surface area contributed by atoms with Crippen molar-refractivity contribution in [1.29, 1.82) is 0 Å². The van der Waals surface area contributed by atoms with Gasteiger partial charge in [-0.2, -0.15) is 0 Å². The van der Waals surface area contributed by atoms with Crippen LogP contribution in [0.4, 0.5) is 0 Å². The van der Waals surface area contributed by atoms with Crippen molar-refractivity contribution in [2.75, 3.05) is 0 Å². The number of hydrogen-bond donors (Lipinski definition) is 0. The highest BCUT2D eigenvalue weighted by Gasteiger charge is 2.54. The number of rotatable bonds is 2. The van der Waals surface area contributed by atoms with E-state index in [1.165, 1.54) is 25.7 Å². The third-order valence-electron chi connectivity index (χ3n) is 3.55. The highest BCUT2D eigenvalue weighted by atomic mass is 16.1. The Hall–Kier alpha value is -0.330. The normalized spacial score (nSPS) is 39.4. The van der Waals surface area contributed by atoms with E-state index in [2.05, 4.69) is 0 Å². The largest absolute Gasteiger partial charge is 0.299 e. The molecular formula is C11H18O. The molecule has 0 amide bonds. The van der Waals surface area contributed by atoms with E-state index in [4.69, 9.17) is 0 Å². The molecule has 68 valence electrons. The van der Waals surface area contributed by atoms with E-state index in [9.17, 15) is 4.79 Å². The van der Waals surface area contributed by atoms with Crippen LogP contribution in [0, 0.1) is 23.7 Å². The van der Waals surface area contributed by atoms with Crippen LogP contribution < -0.4 is 0 Å². The standard InChI is InChI=1S/C11H18O/c1-7(2)11(12)10-8-5-3-4-6-9(8)10/h7-10H,3-6H2,1-2H3. The lowest BCUT2D eigenvalue weighted by molar-refractivity contribution is -0.123. The van der Waals surface area contributed by atoms with Gasteiger partial charge >= 0.3 is 0 Å². The highest BCUT2D eigenvalue weighted by Crippen LogP contribution is 2.56. The predicted molar refractivity (Wildman–Crippen MR) is 48.8 cm³/mol. The van der Waals surface area contributed by atoms with Gasteiger partial charge in [-0.05, 0) is 24.7 Å². The molecule has 0 aromatic heterocycles. The molecule has 2 saturated carbocycles. The Bertz CT molecular complexity index is 183. The Morgan fingerprint density at radius 3 is 2.08 bits per heavy atom. The van der Waals surface area contributed by atoms with Crippen molar-refractivity contribution >= 4 is 5.78 Å². The lowest BCUT2D eigenvalue weighted by atomic mass is 10.0. The number of hydrogen-bond acceptors (Lipinski definition) is 1. The highest BCUT2D eigenvalue weighted by molar-refractivity contribution is 5.86. The minimum Gasteiger partial charge on any atom is -0.299 e. The van der Waals surface area contributed by atoms with Gasteiger partial charge in [0.05, 0.1) is 0 Å². The summed E-state index contributed by atoms with van der Waals surface area (Å²) in [6.07, 6.45) is 5.38. The minimum atomic E-state index is 0.264. The molecule has 12 heavy (non-hydrogen) atoms. The number of fused-ring (bicyclic) bond motifs is 1. The summed E-state index contributed by atoms with van der Waals surface area (Å²) >= 11 is 0. The van der Waals surface area contributed by atoms with Gasteiger partial charge in [-0.15, -0.1) is 0 Å². The first-order valence-electron chi connectivity index (χ1n) is 5.25. The molecule has 0 radical (unpaired) electrons. The summed E-state index contributed by atoms with van der Waals surface area (Å²) in [5.41, 5.74) is 0. The second-order valence-corrected chi connectivity index (χ2v) is 4.70. The van der Waals surface area contributed by atoms with Crippen molar-refractivity contribution in [2.45, 2.75) is 39.5 Å². The van der Waals surface area contributed by atoms with E-state index in [0.29, 0.717) is 11.7 Å². The molecule has 2 aliphatic carbocycles. The molecule has 2 aliphatic rings. The maximum absolute atomic E-state index is 11.7. The Morgan fingerprint density at radius 1 is 1.17 bits per heavy atom. The molecule has 1 heteroatoms. The van der Waals surface area contributed by atoms with Gasteiger partial charge in [-0.3, -0.25) is 4.79 Å². The molecule has 0 N–H and O–H groups in total. The van der Waals surface area contributed by atoms with Gasteiger partial charge in [0, 0.05) is 11.8 Å². The average molecular weight is 166 g/mol. The summed E-state index contributed by atoms with van der Waals surface area (Å²) < 4.78 is 0. The lowest BCUT2D eigenvalue weighted by Crippen LogP contribution is -2.10. The summed E-state index contributed by atoms with van der Waals surface area (Å²) in [5.74, 6) is 2.88. The monoisotopic (exact) mass is 166 g/mol. The van der Waals surface area contributed by atoms with Crippen molar-refractivity contribution in [3.05, 3.63) is 0 Å². The minimum absolute atomic E-state index is 0.264. The Kier molecular flexibility index (Phi) is 1.97. The van der Waals surface area contributed by atoms with Crippen LogP contribution in [-0.4, -0.2) is 5.78 Å². The zero-order chi connectivity index (χ0) is 8.72. The smallest absolute Gasteiger partial charge is 0.139 e. The molecule has 0 bridgehead atoms. The van der Waals surface area contributed by atoms with E-state index in [1.54, 1.807) is 0 Å². The quantitative estimate of drug-likeness (QED) is 0.616. The summed E-state index contributed by atoms with van der Waals surface area (Å²) in [6.45, 7) is 4.07. The second-order valence-electron chi connectivity index (χ2n) is 4.70. The van der Waals surface area contributed by atoms with Gasteiger partial charge in [0.15, 0.2) is 0 Å². The van der Waals surface area contributed by atoms with E-state index in [1.807, 2.05) is 13.8 Å². The topological polar surface area (TPSA) is 17.1 Å². The molecule has 0 aromatic rings. The fourth-order valence-corrected chi connectivity index (χ4v) is 2.80. The van der Waals surface area contributed by atoms with Crippen LogP contribution in [0.3, 0.4) is 0 Å². The van der Waals surface area contributed by atoms with Gasteiger partial charge in [-0.1, -0.05) is 26.7 Å². The molecule has 2 atom stereocenters. The zero-order valence-electron chi connectivity index (χ0n) is 8.05. The lowest BCUT2D eigenvalue weighted by Gasteiger charge is -2.04. The third kappa shape index (κ3) is 1.19. The SMILES string of the molecule is CC(C)C(=O)C1C2CCCCC21. The van der Waals surface area contributed by atoms with E-state index in [0.717, 1.165) is 11.8 Å². The maximum atomic E-state index is 11.7. The first-order chi connectivity index (χ1) is 5.72. The first-order valence-corrected chi connectivity index (χ1v) is 5.25. The Labute approximate surface area is 74.5 Å². The molecule has 0 aliphatic heterocycles. The summed E-state index contributed by atoms with van der Waals surface area (Å²) in [6, 6.07) is 0. The number of carbonyl (C=O) groups is 1. The molecule has 2 unspecified atom stereocenters. The summed E-state index contributed by atoms with van der Waals surface area (Å²) in [4.78, 5) is 11.7. The van der Waals surface area contributed by atoms with Crippen LogP contribution >= 0.6 is 0 Å². The van der Waals surface area contributed by atoms with Crippen LogP contribution in [0.5, 0.6) is 0 Å². The Balaban J connectivity index is 1.96. The fraction of sp³-hybridized carbons (Fsp3) is 0.909. The van der Waals surface area contributed by atoms with Crippen molar-refractivity contribution in [3.8, 4) is 0 Å². The van der Waals surface area contributed by atoms with Gasteiger partial charge in [0.1, 0.15) is 5.78 Å². The molecule has 1 nitrogen and oxygen atoms in total. The molecule has 0 spiro atoms. The van der Waals surface area contributed by atoms with Crippen LogP contribution in [-0.2, 0) is 4.79 Å². The van der Waals surface area contributed by atoms with E-state index in [-0.39, 0.29) is 5.92 Å². The van der Waals surface area contributed by atoms with Crippen molar-refractivity contribution < 1.29 is 4.79 Å². The number of Topliss-reactive ketones (excluding diaryl/α,β-unsaturated/α-hetero) is 1. The molecular weight excluding hydrogens is 148 g/mol. The van der Waals surface area contributed by atoms with Gasteiger partial charge in [-0.25, -0.2) is 0 Å². The van der Waals surface area contributed by atoms with Crippen molar-refractivity contribution in [3.63, 3.8) is 0 Å². The first kappa shape index (κ1) is 8.28. The number of carbonyl (C=O) groups excluding carboxylic acids is 1. The molecule has 0 aromatic carbocycles. The van der Waals surface area contributed by atoms with Crippen LogP contribution in [0.25, 0.3) is 0 Å². The molecule has 0 saturated heterocycles. The van der Waals surface area contributed by atoms with E-state index < -0.39 is 0 Å². The zero-order valence-corrected chi connectivity index (χ0v) is 8.05. The second kappa shape index (κ2) is 2.86. The average Bonchev–Trinajstić information content (AvgIpc) is 2.76. The Morgan fingerprint density at radius 2 is 1.67 bits per heavy atom. The van der Waals surface area contributed by atoms with Gasteiger partial charge in [0.2, 0.25) is 0 Å². The van der Waals surface area contributed by atoms with E-state index >= 15 is 0 Å². The van der Waals surface area contributed by atoms with Crippen LogP contribution in [0.1, 0.15) is 39.5 Å². The third-order valence-corrected chi connectivity index (χ3v) is 3.55. The van der Waals surface area contributed by atoms with Gasteiger partial charge < -0.3 is 0 Å².